The van der Waals surface area contributed by atoms with Crippen molar-refractivity contribution in [2.75, 3.05) is 11.9 Å². The van der Waals surface area contributed by atoms with E-state index in [9.17, 15) is 9.59 Å². The second-order valence-corrected chi connectivity index (χ2v) is 6.57. The Morgan fingerprint density at radius 3 is 2.48 bits per heavy atom. The van der Waals surface area contributed by atoms with Crippen LogP contribution in [0.15, 0.2) is 60.7 Å². The highest BCUT2D eigenvalue weighted by Gasteiger charge is 2.26. The Hall–Kier alpha value is -3.41. The fourth-order valence-corrected chi connectivity index (χ4v) is 3.26. The van der Waals surface area contributed by atoms with Gasteiger partial charge in [0.1, 0.15) is 5.82 Å². The normalized spacial score (nSPS) is 13.1. The van der Waals surface area contributed by atoms with Crippen molar-refractivity contribution in [1.29, 1.82) is 0 Å². The zero-order chi connectivity index (χ0) is 18.6. The number of nitrogens with one attached hydrogen (secondary N) is 2. The van der Waals surface area contributed by atoms with E-state index < -0.39 is 0 Å². The van der Waals surface area contributed by atoms with Crippen LogP contribution in [-0.4, -0.2) is 33.5 Å². The molecule has 0 saturated heterocycles. The van der Waals surface area contributed by atoms with Crippen LogP contribution in [0.5, 0.6) is 0 Å². The largest absolute Gasteiger partial charge is 0.337 e. The fraction of sp³-hybridized carbons (Fsp3) is 0.190. The van der Waals surface area contributed by atoms with Crippen LogP contribution >= 0.6 is 0 Å². The maximum absolute atomic E-state index is 12.7. The first kappa shape index (κ1) is 17.0. The Bertz CT molecular complexity index is 951. The molecular weight excluding hydrogens is 340 g/mol. The number of carbonyl (C=O) groups excluding carboxylic acids is 2. The molecule has 2 heterocycles. The van der Waals surface area contributed by atoms with Crippen molar-refractivity contribution >= 4 is 17.6 Å². The monoisotopic (exact) mass is 360 g/mol. The molecule has 0 unspecified atom stereocenters. The average molecular weight is 360 g/mol. The van der Waals surface area contributed by atoms with Gasteiger partial charge in [0, 0.05) is 24.1 Å². The third-order valence-electron chi connectivity index (χ3n) is 4.75. The molecule has 1 aromatic heterocycles. The predicted molar refractivity (Wildman–Crippen MR) is 102 cm³/mol. The maximum Gasteiger partial charge on any atom is 0.256 e. The van der Waals surface area contributed by atoms with Gasteiger partial charge in [0.25, 0.3) is 5.91 Å². The highest BCUT2D eigenvalue weighted by molar-refractivity contribution is 6.04. The van der Waals surface area contributed by atoms with Crippen molar-refractivity contribution < 1.29 is 9.59 Å². The summed E-state index contributed by atoms with van der Waals surface area (Å²) in [5.74, 6) is 0.444. The van der Waals surface area contributed by atoms with Gasteiger partial charge in [-0.2, -0.15) is 5.10 Å². The second kappa shape index (κ2) is 7.45. The smallest absolute Gasteiger partial charge is 0.256 e. The molecule has 136 valence electrons. The first-order valence-corrected chi connectivity index (χ1v) is 8.95. The van der Waals surface area contributed by atoms with Gasteiger partial charge in [0.15, 0.2) is 0 Å². The zero-order valence-electron chi connectivity index (χ0n) is 14.8. The van der Waals surface area contributed by atoms with Crippen molar-refractivity contribution in [3.8, 4) is 0 Å². The standard InChI is InChI=1S/C21H20N4O2/c26-19(13-15-7-3-1-4-8-15)25-12-11-18-17(14-25)20(24-23-18)22-21(27)16-9-5-2-6-10-16/h1-10H,11-14H2,(H2,22,23,24,27). The van der Waals surface area contributed by atoms with Crippen LogP contribution in [-0.2, 0) is 24.2 Å². The van der Waals surface area contributed by atoms with Crippen molar-refractivity contribution in [2.24, 2.45) is 0 Å². The Kier molecular flexibility index (Phi) is 4.70. The lowest BCUT2D eigenvalue weighted by Crippen LogP contribution is -2.37. The summed E-state index contributed by atoms with van der Waals surface area (Å²) in [5, 5.41) is 10.1. The minimum absolute atomic E-state index is 0.0772. The van der Waals surface area contributed by atoms with Crippen molar-refractivity contribution in [1.82, 2.24) is 15.1 Å². The average Bonchev–Trinajstić information content (AvgIpc) is 3.11. The molecule has 1 aliphatic rings. The van der Waals surface area contributed by atoms with Crippen molar-refractivity contribution in [3.63, 3.8) is 0 Å². The summed E-state index contributed by atoms with van der Waals surface area (Å²) in [6.07, 6.45) is 1.05. The molecule has 2 aromatic carbocycles. The highest BCUT2D eigenvalue weighted by Crippen LogP contribution is 2.25. The van der Waals surface area contributed by atoms with Gasteiger partial charge in [0.2, 0.25) is 5.91 Å². The molecule has 0 fully saturated rings. The zero-order valence-corrected chi connectivity index (χ0v) is 14.8. The number of aromatic amines is 1. The van der Waals surface area contributed by atoms with Crippen LogP contribution in [0, 0.1) is 0 Å². The van der Waals surface area contributed by atoms with Crippen LogP contribution in [0.25, 0.3) is 0 Å². The van der Waals surface area contributed by atoms with Gasteiger partial charge in [-0.15, -0.1) is 0 Å². The molecule has 1 aliphatic heterocycles. The molecule has 6 heteroatoms. The first-order chi connectivity index (χ1) is 13.2. The van der Waals surface area contributed by atoms with Crippen molar-refractivity contribution in [3.05, 3.63) is 83.0 Å². The Morgan fingerprint density at radius 2 is 1.74 bits per heavy atom. The number of benzene rings is 2. The van der Waals surface area contributed by atoms with Crippen LogP contribution in [0.4, 0.5) is 5.82 Å². The lowest BCUT2D eigenvalue weighted by Gasteiger charge is -2.27. The summed E-state index contributed by atoms with van der Waals surface area (Å²) in [6, 6.07) is 18.7. The minimum atomic E-state index is -0.199. The van der Waals surface area contributed by atoms with E-state index in [0.29, 0.717) is 37.3 Å². The number of aromatic nitrogens is 2. The SMILES string of the molecule is O=C(Nc1[nH]nc2c1CN(C(=O)Cc1ccccc1)CC2)c1ccccc1. The van der Waals surface area contributed by atoms with E-state index in [-0.39, 0.29) is 11.8 Å². The molecule has 0 bridgehead atoms. The number of H-pyrrole nitrogens is 1. The minimum Gasteiger partial charge on any atom is -0.337 e. The number of carbonyl (C=O) groups is 2. The number of anilines is 1. The van der Waals surface area contributed by atoms with Gasteiger partial charge in [-0.3, -0.25) is 14.7 Å². The maximum atomic E-state index is 12.7. The van der Waals surface area contributed by atoms with E-state index in [1.807, 2.05) is 53.4 Å². The molecule has 2 amide bonds. The van der Waals surface area contributed by atoms with E-state index in [4.69, 9.17) is 0 Å². The Morgan fingerprint density at radius 1 is 1.04 bits per heavy atom. The number of amides is 2. The predicted octanol–water partition coefficient (Wildman–Crippen LogP) is 2.79. The summed E-state index contributed by atoms with van der Waals surface area (Å²) in [6.45, 7) is 1.08. The second-order valence-electron chi connectivity index (χ2n) is 6.57. The molecule has 0 spiro atoms. The summed E-state index contributed by atoms with van der Waals surface area (Å²) in [7, 11) is 0. The lowest BCUT2D eigenvalue weighted by molar-refractivity contribution is -0.131. The number of fused-ring (bicyclic) bond motifs is 1. The van der Waals surface area contributed by atoms with Gasteiger partial charge in [-0.1, -0.05) is 48.5 Å². The molecule has 27 heavy (non-hydrogen) atoms. The molecular formula is C21H20N4O2. The molecule has 0 saturated carbocycles. The van der Waals surface area contributed by atoms with E-state index >= 15 is 0 Å². The molecule has 0 radical (unpaired) electrons. The summed E-state index contributed by atoms with van der Waals surface area (Å²) in [5.41, 5.74) is 3.36. The van der Waals surface area contributed by atoms with Gasteiger partial charge >= 0.3 is 0 Å². The van der Waals surface area contributed by atoms with Crippen LogP contribution in [0.3, 0.4) is 0 Å². The number of rotatable bonds is 4. The van der Waals surface area contributed by atoms with Gasteiger partial charge in [-0.25, -0.2) is 0 Å². The Balaban J connectivity index is 1.47. The molecule has 6 nitrogen and oxygen atoms in total. The summed E-state index contributed by atoms with van der Waals surface area (Å²) in [4.78, 5) is 26.9. The van der Waals surface area contributed by atoms with E-state index in [1.54, 1.807) is 12.1 Å². The fourth-order valence-electron chi connectivity index (χ4n) is 3.26. The van der Waals surface area contributed by atoms with E-state index in [1.165, 1.54) is 0 Å². The molecule has 0 aliphatic carbocycles. The topological polar surface area (TPSA) is 78.1 Å². The first-order valence-electron chi connectivity index (χ1n) is 8.95. The van der Waals surface area contributed by atoms with Gasteiger partial charge in [-0.05, 0) is 17.7 Å². The van der Waals surface area contributed by atoms with Gasteiger partial charge < -0.3 is 10.2 Å². The third-order valence-corrected chi connectivity index (χ3v) is 4.75. The summed E-state index contributed by atoms with van der Waals surface area (Å²) >= 11 is 0. The lowest BCUT2D eigenvalue weighted by atomic mass is 10.1. The van der Waals surface area contributed by atoms with Crippen LogP contribution < -0.4 is 5.32 Å². The van der Waals surface area contributed by atoms with Gasteiger partial charge in [0.05, 0.1) is 18.7 Å². The number of hydrogen-bond acceptors (Lipinski definition) is 3. The van der Waals surface area contributed by atoms with E-state index in [2.05, 4.69) is 15.5 Å². The number of nitrogens with zero attached hydrogens (tertiary/aromatic N) is 2. The summed E-state index contributed by atoms with van der Waals surface area (Å²) < 4.78 is 0. The molecule has 0 atom stereocenters. The van der Waals surface area contributed by atoms with E-state index in [0.717, 1.165) is 16.8 Å². The quantitative estimate of drug-likeness (QED) is 0.751. The third kappa shape index (κ3) is 3.74. The molecule has 4 rings (SSSR count). The van der Waals surface area contributed by atoms with Crippen molar-refractivity contribution in [2.45, 2.75) is 19.4 Å². The molecule has 3 aromatic rings. The molecule has 2 N–H and O–H groups in total. The van der Waals surface area contributed by atoms with Crippen LogP contribution in [0.1, 0.15) is 27.2 Å². The Labute approximate surface area is 157 Å². The highest BCUT2D eigenvalue weighted by atomic mass is 16.2. The number of hydrogen-bond donors (Lipinski definition) is 2. The van der Waals surface area contributed by atoms with Crippen LogP contribution in [0.2, 0.25) is 0 Å².